The van der Waals surface area contributed by atoms with Gasteiger partial charge in [0.05, 0.1) is 11.6 Å². The summed E-state index contributed by atoms with van der Waals surface area (Å²) in [6.45, 7) is 0. The number of methoxy groups -OCH3 is 1. The second-order valence-electron chi connectivity index (χ2n) is 3.43. The molecule has 0 aliphatic carbocycles. The summed E-state index contributed by atoms with van der Waals surface area (Å²) in [5, 5.41) is -3.40. The van der Waals surface area contributed by atoms with Crippen molar-refractivity contribution < 1.29 is 13.5 Å². The molecule has 0 radical (unpaired) electrons. The molecule has 0 saturated carbocycles. The van der Waals surface area contributed by atoms with Crippen molar-refractivity contribution >= 4 is 27.5 Å². The standard InChI is InChI=1S/C10H12BrClF2N2O/c1-17-8-3-2-6(4-7(8)11)5-9(16-15)10(12,13)14/h2-4,9,16H,5,15H2,1H3. The van der Waals surface area contributed by atoms with Gasteiger partial charge < -0.3 is 4.74 Å². The Morgan fingerprint density at radius 2 is 2.24 bits per heavy atom. The van der Waals surface area contributed by atoms with Crippen LogP contribution in [0.4, 0.5) is 8.78 Å². The molecule has 0 aliphatic rings. The molecule has 7 heteroatoms. The topological polar surface area (TPSA) is 47.3 Å². The van der Waals surface area contributed by atoms with Gasteiger partial charge in [-0.15, -0.1) is 0 Å². The van der Waals surface area contributed by atoms with E-state index in [0.717, 1.165) is 0 Å². The van der Waals surface area contributed by atoms with Crippen molar-refractivity contribution in [3.8, 4) is 5.75 Å². The van der Waals surface area contributed by atoms with Gasteiger partial charge in [-0.2, -0.15) is 8.78 Å². The molecule has 0 bridgehead atoms. The van der Waals surface area contributed by atoms with Crippen LogP contribution < -0.4 is 16.0 Å². The zero-order chi connectivity index (χ0) is 13.1. The highest BCUT2D eigenvalue weighted by molar-refractivity contribution is 9.10. The Kier molecular flexibility index (Phi) is 5.12. The average Bonchev–Trinajstić information content (AvgIpc) is 2.24. The number of hydrazine groups is 1. The first kappa shape index (κ1) is 14.6. The second-order valence-corrected chi connectivity index (χ2v) is 4.79. The van der Waals surface area contributed by atoms with Gasteiger partial charge in [-0.25, -0.2) is 5.43 Å². The van der Waals surface area contributed by atoms with Crippen LogP contribution in [0, 0.1) is 0 Å². The van der Waals surface area contributed by atoms with Gasteiger partial charge in [0.2, 0.25) is 0 Å². The van der Waals surface area contributed by atoms with Crippen molar-refractivity contribution in [3.63, 3.8) is 0 Å². The molecule has 17 heavy (non-hydrogen) atoms. The number of hydrogen-bond acceptors (Lipinski definition) is 3. The Morgan fingerprint density at radius 3 is 2.65 bits per heavy atom. The van der Waals surface area contributed by atoms with E-state index in [4.69, 9.17) is 22.2 Å². The largest absolute Gasteiger partial charge is 0.496 e. The monoisotopic (exact) mass is 328 g/mol. The highest BCUT2D eigenvalue weighted by atomic mass is 79.9. The molecule has 3 N–H and O–H groups in total. The van der Waals surface area contributed by atoms with Crippen LogP contribution in [0.3, 0.4) is 0 Å². The first-order chi connectivity index (χ1) is 7.88. The van der Waals surface area contributed by atoms with Crippen molar-refractivity contribution in [2.24, 2.45) is 5.84 Å². The van der Waals surface area contributed by atoms with E-state index >= 15 is 0 Å². The molecule has 0 amide bonds. The summed E-state index contributed by atoms with van der Waals surface area (Å²) in [7, 11) is 1.52. The molecular formula is C10H12BrClF2N2O. The third kappa shape index (κ3) is 4.06. The number of halogens is 4. The molecule has 1 unspecified atom stereocenters. The summed E-state index contributed by atoms with van der Waals surface area (Å²) in [6.07, 6.45) is 0.00952. The molecule has 0 aliphatic heterocycles. The smallest absolute Gasteiger partial charge is 0.338 e. The van der Waals surface area contributed by atoms with Crippen LogP contribution in [0.25, 0.3) is 0 Å². The van der Waals surface area contributed by atoms with Crippen molar-refractivity contribution in [1.29, 1.82) is 0 Å². The van der Waals surface area contributed by atoms with Gasteiger partial charge in [0.25, 0.3) is 0 Å². The maximum absolute atomic E-state index is 12.9. The molecule has 1 atom stereocenters. The lowest BCUT2D eigenvalue weighted by molar-refractivity contribution is 0.0502. The van der Waals surface area contributed by atoms with Gasteiger partial charge in [0, 0.05) is 0 Å². The van der Waals surface area contributed by atoms with Crippen LogP contribution in [0.15, 0.2) is 22.7 Å². The van der Waals surface area contributed by atoms with Crippen LogP contribution in [-0.4, -0.2) is 18.5 Å². The Bertz CT molecular complexity index is 387. The molecule has 0 heterocycles. The first-order valence-electron chi connectivity index (χ1n) is 4.73. The quantitative estimate of drug-likeness (QED) is 0.496. The van der Waals surface area contributed by atoms with Crippen LogP contribution in [0.1, 0.15) is 5.56 Å². The average molecular weight is 330 g/mol. The van der Waals surface area contributed by atoms with Gasteiger partial charge in [0.1, 0.15) is 11.8 Å². The van der Waals surface area contributed by atoms with E-state index in [2.05, 4.69) is 15.9 Å². The molecule has 1 rings (SSSR count). The highest BCUT2D eigenvalue weighted by Gasteiger charge is 2.36. The SMILES string of the molecule is COc1ccc(CC(NN)C(F)(F)Cl)cc1Br. The lowest BCUT2D eigenvalue weighted by Gasteiger charge is -2.20. The fourth-order valence-electron chi connectivity index (χ4n) is 1.34. The van der Waals surface area contributed by atoms with Crippen molar-refractivity contribution in [3.05, 3.63) is 28.2 Å². The number of nitrogens with one attached hydrogen (secondary N) is 1. The predicted molar refractivity (Wildman–Crippen MR) is 66.3 cm³/mol. The third-order valence-electron chi connectivity index (χ3n) is 2.25. The minimum atomic E-state index is -3.40. The number of benzene rings is 1. The lowest BCUT2D eigenvalue weighted by Crippen LogP contribution is -2.46. The predicted octanol–water partition coefficient (Wildman–Crippen LogP) is 2.66. The Hall–Kier alpha value is -0.430. The van der Waals surface area contributed by atoms with Gasteiger partial charge >= 0.3 is 5.38 Å². The first-order valence-corrected chi connectivity index (χ1v) is 5.91. The third-order valence-corrected chi connectivity index (χ3v) is 3.14. The van der Waals surface area contributed by atoms with Crippen LogP contribution in [0.2, 0.25) is 0 Å². The summed E-state index contributed by atoms with van der Waals surface area (Å²) in [5.74, 6) is 5.68. The molecular weight excluding hydrogens is 317 g/mol. The minimum Gasteiger partial charge on any atom is -0.496 e. The van der Waals surface area contributed by atoms with Crippen molar-refractivity contribution in [2.75, 3.05) is 7.11 Å². The fourth-order valence-corrected chi connectivity index (χ4v) is 2.07. The molecule has 0 fully saturated rings. The maximum Gasteiger partial charge on any atom is 0.338 e. The number of hydrogen-bond donors (Lipinski definition) is 2. The Morgan fingerprint density at radius 1 is 1.59 bits per heavy atom. The van der Waals surface area contributed by atoms with E-state index in [1.807, 2.05) is 5.43 Å². The summed E-state index contributed by atoms with van der Waals surface area (Å²) in [4.78, 5) is 0. The molecule has 0 aromatic heterocycles. The second kappa shape index (κ2) is 5.95. The van der Waals surface area contributed by atoms with E-state index < -0.39 is 11.4 Å². The van der Waals surface area contributed by atoms with E-state index in [1.165, 1.54) is 7.11 Å². The zero-order valence-electron chi connectivity index (χ0n) is 9.01. The summed E-state index contributed by atoms with van der Waals surface area (Å²) < 4.78 is 31.5. The van der Waals surface area contributed by atoms with E-state index in [0.29, 0.717) is 15.8 Å². The zero-order valence-corrected chi connectivity index (χ0v) is 11.4. The Labute approximate surface area is 111 Å². The number of alkyl halides is 3. The Balaban J connectivity index is 2.84. The van der Waals surface area contributed by atoms with Crippen molar-refractivity contribution in [1.82, 2.24) is 5.43 Å². The van der Waals surface area contributed by atoms with E-state index in [-0.39, 0.29) is 6.42 Å². The summed E-state index contributed by atoms with van der Waals surface area (Å²) in [6, 6.07) is 3.71. The number of nitrogens with two attached hydrogens (primary N) is 1. The normalized spacial score (nSPS) is 13.5. The van der Waals surface area contributed by atoms with Gasteiger partial charge in [-0.3, -0.25) is 5.84 Å². The molecule has 96 valence electrons. The van der Waals surface area contributed by atoms with Crippen LogP contribution >= 0.6 is 27.5 Å². The summed E-state index contributed by atoms with van der Waals surface area (Å²) in [5.41, 5.74) is 2.68. The number of ether oxygens (including phenoxy) is 1. The molecule has 0 saturated heterocycles. The van der Waals surface area contributed by atoms with Crippen LogP contribution in [-0.2, 0) is 6.42 Å². The van der Waals surface area contributed by atoms with Gasteiger partial charge in [-0.1, -0.05) is 6.07 Å². The van der Waals surface area contributed by atoms with Crippen molar-refractivity contribution in [2.45, 2.75) is 17.8 Å². The van der Waals surface area contributed by atoms with E-state index in [1.54, 1.807) is 18.2 Å². The van der Waals surface area contributed by atoms with E-state index in [9.17, 15) is 8.78 Å². The highest BCUT2D eigenvalue weighted by Crippen LogP contribution is 2.29. The maximum atomic E-state index is 12.9. The minimum absolute atomic E-state index is 0.00952. The summed E-state index contributed by atoms with van der Waals surface area (Å²) >= 11 is 8.21. The fraction of sp³-hybridized carbons (Fsp3) is 0.400. The van der Waals surface area contributed by atoms with Crippen LogP contribution in [0.5, 0.6) is 5.75 Å². The number of rotatable bonds is 5. The van der Waals surface area contributed by atoms with Gasteiger partial charge in [0.15, 0.2) is 0 Å². The molecule has 1 aromatic carbocycles. The van der Waals surface area contributed by atoms with Gasteiger partial charge in [-0.05, 0) is 51.6 Å². The molecule has 0 spiro atoms. The molecule has 1 aromatic rings. The molecule has 3 nitrogen and oxygen atoms in total. The lowest BCUT2D eigenvalue weighted by atomic mass is 10.1.